The number of rotatable bonds is 16. The van der Waals surface area contributed by atoms with Crippen LogP contribution in [0.5, 0.6) is 5.75 Å². The Hall–Kier alpha value is -4.77. The molecule has 1 fully saturated rings. The van der Waals surface area contributed by atoms with Crippen molar-refractivity contribution in [3.8, 4) is 5.75 Å². The number of aliphatic carboxylic acids is 1. The van der Waals surface area contributed by atoms with E-state index in [4.69, 9.17) is 19.0 Å². The number of hydrogen-bond acceptors (Lipinski definition) is 12. The maximum atomic E-state index is 13.1. The van der Waals surface area contributed by atoms with Crippen LogP contribution in [0.2, 0.25) is 0 Å². The first-order valence-corrected chi connectivity index (χ1v) is 16.9. The van der Waals surface area contributed by atoms with Gasteiger partial charge < -0.3 is 34.8 Å². The first-order chi connectivity index (χ1) is 23.3. The summed E-state index contributed by atoms with van der Waals surface area (Å²) in [5.74, 6) is -0.987. The van der Waals surface area contributed by atoms with E-state index in [1.165, 1.54) is 12.2 Å². The monoisotopic (exact) mass is 699 g/mol. The number of sulfonamides is 1. The number of nitrogens with one attached hydrogen (secondary N) is 3. The summed E-state index contributed by atoms with van der Waals surface area (Å²) in [4.78, 5) is 46.9. The molecule has 49 heavy (non-hydrogen) atoms. The second kappa shape index (κ2) is 17.1. The number of carbonyl (C=O) groups excluding carboxylic acids is 2. The summed E-state index contributed by atoms with van der Waals surface area (Å²) in [6.45, 7) is 4.53. The molecule has 1 aliphatic heterocycles. The number of anilines is 1. The SMILES string of the molecule is COc1ccnc(NCC2CC(OCC(=O)NCC(NS(=O)(=O)c3c(C)cc(C)cc3C)C(=O)O)CN2OC(=O)OCc2ccccc2)c1. The predicted molar refractivity (Wildman–Crippen MR) is 177 cm³/mol. The van der Waals surface area contributed by atoms with Crippen molar-refractivity contribution in [2.75, 3.05) is 38.7 Å². The van der Waals surface area contributed by atoms with Crippen molar-refractivity contribution in [1.29, 1.82) is 0 Å². The molecule has 3 aromatic rings. The number of amides is 1. The lowest BCUT2D eigenvalue weighted by atomic mass is 10.1. The summed E-state index contributed by atoms with van der Waals surface area (Å²) in [5, 5.41) is 16.7. The molecule has 1 amide bonds. The number of methoxy groups -OCH3 is 1. The van der Waals surface area contributed by atoms with Crippen LogP contribution < -0.4 is 20.1 Å². The zero-order chi connectivity index (χ0) is 35.6. The number of aromatic nitrogens is 1. The lowest BCUT2D eigenvalue weighted by Crippen LogP contribution is -2.49. The highest BCUT2D eigenvalue weighted by Gasteiger charge is 2.36. The molecule has 1 aromatic heterocycles. The minimum atomic E-state index is -4.22. The van der Waals surface area contributed by atoms with Crippen molar-refractivity contribution < 1.29 is 47.0 Å². The van der Waals surface area contributed by atoms with E-state index in [1.54, 1.807) is 44.3 Å². The van der Waals surface area contributed by atoms with Gasteiger partial charge in [0.05, 0.1) is 30.7 Å². The third-order valence-electron chi connectivity index (χ3n) is 7.63. The van der Waals surface area contributed by atoms with E-state index < -0.39 is 59.4 Å². The molecule has 0 aliphatic carbocycles. The second-order valence-electron chi connectivity index (χ2n) is 11.5. The number of hydrogen-bond donors (Lipinski definition) is 4. The van der Waals surface area contributed by atoms with E-state index in [0.717, 1.165) is 11.1 Å². The van der Waals surface area contributed by atoms with Crippen molar-refractivity contribution in [1.82, 2.24) is 20.1 Å². The van der Waals surface area contributed by atoms with Gasteiger partial charge >= 0.3 is 12.1 Å². The van der Waals surface area contributed by atoms with E-state index in [0.29, 0.717) is 35.7 Å². The van der Waals surface area contributed by atoms with Crippen molar-refractivity contribution >= 4 is 33.9 Å². The van der Waals surface area contributed by atoms with Gasteiger partial charge in [0.2, 0.25) is 15.9 Å². The molecular weight excluding hydrogens is 658 g/mol. The Morgan fingerprint density at radius 1 is 1.06 bits per heavy atom. The number of hydroxylamine groups is 2. The molecule has 2 heterocycles. The number of carboxylic acids is 1. The second-order valence-corrected chi connectivity index (χ2v) is 13.2. The van der Waals surface area contributed by atoms with Crippen LogP contribution in [0.15, 0.2) is 65.7 Å². The van der Waals surface area contributed by atoms with E-state index in [9.17, 15) is 27.9 Å². The summed E-state index contributed by atoms with van der Waals surface area (Å²) < 4.78 is 44.7. The van der Waals surface area contributed by atoms with Crippen LogP contribution in [0.25, 0.3) is 0 Å². The fourth-order valence-electron chi connectivity index (χ4n) is 5.44. The summed E-state index contributed by atoms with van der Waals surface area (Å²) in [6.07, 6.45) is 0.465. The fraction of sp³-hybridized carbons (Fsp3) is 0.394. The maximum Gasteiger partial charge on any atom is 0.528 e. The van der Waals surface area contributed by atoms with E-state index >= 15 is 0 Å². The van der Waals surface area contributed by atoms with Gasteiger partial charge in [0.15, 0.2) is 0 Å². The van der Waals surface area contributed by atoms with Gasteiger partial charge in [0.25, 0.3) is 0 Å². The van der Waals surface area contributed by atoms with Gasteiger partial charge in [-0.15, -0.1) is 5.06 Å². The quantitative estimate of drug-likeness (QED) is 0.160. The Bertz CT molecular complexity index is 1700. The third-order valence-corrected chi connectivity index (χ3v) is 9.40. The van der Waals surface area contributed by atoms with Crippen LogP contribution in [-0.4, -0.2) is 93.1 Å². The average Bonchev–Trinajstić information content (AvgIpc) is 3.44. The third kappa shape index (κ3) is 10.9. The molecule has 4 rings (SSSR count). The number of benzene rings is 2. The molecule has 16 heteroatoms. The van der Waals surface area contributed by atoms with Gasteiger partial charge in [0.1, 0.15) is 30.8 Å². The molecule has 3 atom stereocenters. The van der Waals surface area contributed by atoms with Gasteiger partial charge in [-0.3, -0.25) is 9.59 Å². The minimum Gasteiger partial charge on any atom is -0.497 e. The van der Waals surface area contributed by atoms with Crippen molar-refractivity contribution in [2.45, 2.75) is 56.9 Å². The normalized spacial score (nSPS) is 16.8. The largest absolute Gasteiger partial charge is 0.528 e. The Morgan fingerprint density at radius 3 is 2.45 bits per heavy atom. The van der Waals surface area contributed by atoms with E-state index in [2.05, 4.69) is 20.3 Å². The number of aryl methyl sites for hydroxylation is 3. The number of pyridine rings is 1. The highest BCUT2D eigenvalue weighted by atomic mass is 32.2. The number of carbonyl (C=O) groups is 3. The first kappa shape index (κ1) is 37.1. The summed E-state index contributed by atoms with van der Waals surface area (Å²) in [7, 11) is -2.68. The molecule has 0 radical (unpaired) electrons. The summed E-state index contributed by atoms with van der Waals surface area (Å²) in [6, 6.07) is 13.9. The number of ether oxygens (including phenoxy) is 3. The number of carboxylic acid groups (broad SMARTS) is 1. The molecule has 0 bridgehead atoms. The maximum absolute atomic E-state index is 13.1. The van der Waals surface area contributed by atoms with Crippen molar-refractivity contribution in [3.05, 3.63) is 83.0 Å². The Kier molecular flexibility index (Phi) is 12.9. The zero-order valence-electron chi connectivity index (χ0n) is 27.7. The molecular formula is C33H41N5O10S. The number of nitrogens with zero attached hydrogens (tertiary/aromatic N) is 2. The predicted octanol–water partition coefficient (Wildman–Crippen LogP) is 2.70. The van der Waals surface area contributed by atoms with Gasteiger partial charge in [0, 0.05) is 25.4 Å². The highest BCUT2D eigenvalue weighted by Crippen LogP contribution is 2.24. The van der Waals surface area contributed by atoms with Crippen LogP contribution in [-0.2, 0) is 40.5 Å². The average molecular weight is 700 g/mol. The van der Waals surface area contributed by atoms with Crippen LogP contribution in [0.1, 0.15) is 28.7 Å². The summed E-state index contributed by atoms with van der Waals surface area (Å²) in [5.41, 5.74) is 2.60. The molecule has 2 aromatic carbocycles. The minimum absolute atomic E-state index is 0.0119. The Balaban J connectivity index is 1.32. The molecule has 1 aliphatic rings. The molecule has 3 unspecified atom stereocenters. The molecule has 1 saturated heterocycles. The molecule has 0 spiro atoms. The van der Waals surface area contributed by atoms with Crippen molar-refractivity contribution in [2.24, 2.45) is 0 Å². The first-order valence-electron chi connectivity index (χ1n) is 15.4. The molecule has 4 N–H and O–H groups in total. The summed E-state index contributed by atoms with van der Waals surface area (Å²) >= 11 is 0. The topological polar surface area (TPSA) is 195 Å². The molecule has 264 valence electrons. The highest BCUT2D eigenvalue weighted by molar-refractivity contribution is 7.89. The van der Waals surface area contributed by atoms with Crippen LogP contribution in [0.3, 0.4) is 0 Å². The lowest BCUT2D eigenvalue weighted by Gasteiger charge is -2.22. The molecule has 0 saturated carbocycles. The van der Waals surface area contributed by atoms with Crippen LogP contribution in [0, 0.1) is 20.8 Å². The lowest BCUT2D eigenvalue weighted by molar-refractivity contribution is -0.143. The standard InChI is InChI=1S/C33H41N5O10S/c1-21-12-22(2)31(23(3)13-21)49(43,44)37-28(32(40)41)17-36-30(39)20-46-27-14-25(16-35-29-15-26(45-4)10-11-34-29)38(18-27)48-33(42)47-19-24-8-6-5-7-9-24/h5-13,15,25,27-28,37H,14,16-20H2,1-4H3,(H,34,35)(H,36,39)(H,40,41). The van der Waals surface area contributed by atoms with Gasteiger partial charge in [-0.25, -0.2) is 18.2 Å². The van der Waals surface area contributed by atoms with Gasteiger partial charge in [-0.05, 0) is 49.9 Å². The van der Waals surface area contributed by atoms with Gasteiger partial charge in [-0.2, -0.15) is 4.72 Å². The Morgan fingerprint density at radius 2 is 1.78 bits per heavy atom. The van der Waals surface area contributed by atoms with Crippen LogP contribution >= 0.6 is 0 Å². The Labute approximate surface area is 284 Å². The van der Waals surface area contributed by atoms with Crippen molar-refractivity contribution in [3.63, 3.8) is 0 Å². The van der Waals surface area contributed by atoms with Crippen LogP contribution in [0.4, 0.5) is 10.6 Å². The van der Waals surface area contributed by atoms with E-state index in [-0.39, 0.29) is 18.0 Å². The molecule has 15 nitrogen and oxygen atoms in total. The zero-order valence-corrected chi connectivity index (χ0v) is 28.5. The smallest absolute Gasteiger partial charge is 0.497 e. The van der Waals surface area contributed by atoms with Gasteiger partial charge in [-0.1, -0.05) is 48.0 Å². The fourth-order valence-corrected chi connectivity index (χ4v) is 7.08. The van der Waals surface area contributed by atoms with E-state index in [1.807, 2.05) is 37.3 Å².